The maximum absolute atomic E-state index is 11.0. The molecule has 0 aromatic rings. The van der Waals surface area contributed by atoms with Crippen molar-refractivity contribution in [1.82, 2.24) is 0 Å². The highest BCUT2D eigenvalue weighted by Gasteiger charge is 2.65. The number of fused-ring (bicyclic) bond motifs is 1. The Bertz CT molecular complexity index is 607. The number of rotatable bonds is 4. The van der Waals surface area contributed by atoms with Crippen molar-refractivity contribution < 1.29 is 45.2 Å². The second-order valence-electron chi connectivity index (χ2n) is 10.6. The fourth-order valence-corrected chi connectivity index (χ4v) is 6.69. The monoisotopic (exact) mass is 434 g/mol. The number of aliphatic hydroxyl groups is 7. The first-order valence-electron chi connectivity index (χ1n) is 10.8. The van der Waals surface area contributed by atoms with Gasteiger partial charge in [-0.05, 0) is 31.1 Å². The summed E-state index contributed by atoms with van der Waals surface area (Å²) in [7, 11) is 0. The summed E-state index contributed by atoms with van der Waals surface area (Å²) in [5.41, 5.74) is -2.48. The number of aliphatic hydroxyl groups excluding tert-OH is 6. The van der Waals surface area contributed by atoms with Gasteiger partial charge in [0.15, 0.2) is 6.29 Å². The zero-order chi connectivity index (χ0) is 22.6. The lowest BCUT2D eigenvalue weighted by Gasteiger charge is -2.65. The molecule has 176 valence electrons. The van der Waals surface area contributed by atoms with Crippen molar-refractivity contribution in [2.24, 2.45) is 22.7 Å². The molecule has 2 aliphatic carbocycles. The van der Waals surface area contributed by atoms with Gasteiger partial charge in [-0.3, -0.25) is 0 Å². The molecular weight excluding hydrogens is 396 g/mol. The van der Waals surface area contributed by atoms with Gasteiger partial charge in [-0.15, -0.1) is 0 Å². The summed E-state index contributed by atoms with van der Waals surface area (Å²) < 4.78 is 11.7. The molecule has 0 aromatic heterocycles. The first-order valence-corrected chi connectivity index (χ1v) is 10.8. The van der Waals surface area contributed by atoms with Crippen molar-refractivity contribution in [3.05, 3.63) is 0 Å². The highest BCUT2D eigenvalue weighted by molar-refractivity contribution is 5.14. The van der Waals surface area contributed by atoms with Gasteiger partial charge in [-0.2, -0.15) is 0 Å². The Labute approximate surface area is 177 Å². The van der Waals surface area contributed by atoms with E-state index < -0.39 is 66.5 Å². The molecule has 0 aromatic carbocycles. The largest absolute Gasteiger partial charge is 0.396 e. The zero-order valence-electron chi connectivity index (χ0n) is 18.2. The van der Waals surface area contributed by atoms with E-state index in [1.54, 1.807) is 6.92 Å². The Morgan fingerprint density at radius 2 is 1.57 bits per heavy atom. The fourth-order valence-electron chi connectivity index (χ4n) is 6.69. The summed E-state index contributed by atoms with van der Waals surface area (Å²) >= 11 is 0. The maximum atomic E-state index is 11.0. The lowest BCUT2D eigenvalue weighted by atomic mass is 9.44. The van der Waals surface area contributed by atoms with E-state index in [0.29, 0.717) is 12.8 Å². The first-order chi connectivity index (χ1) is 13.8. The molecular formula is C21H38O9. The van der Waals surface area contributed by atoms with E-state index in [2.05, 4.69) is 13.8 Å². The summed E-state index contributed by atoms with van der Waals surface area (Å²) in [5, 5.41) is 72.3. The molecule has 11 atom stereocenters. The van der Waals surface area contributed by atoms with Crippen LogP contribution in [0.4, 0.5) is 0 Å². The fraction of sp³-hybridized carbons (Fsp3) is 1.00. The van der Waals surface area contributed by atoms with Crippen molar-refractivity contribution in [3.8, 4) is 0 Å². The minimum atomic E-state index is -1.56. The molecule has 7 N–H and O–H groups in total. The minimum Gasteiger partial charge on any atom is -0.396 e. The maximum Gasteiger partial charge on any atom is 0.186 e. The molecule has 0 amide bonds. The average Bonchev–Trinajstić information content (AvgIpc) is 2.62. The molecule has 1 heterocycles. The molecule has 9 heteroatoms. The van der Waals surface area contributed by atoms with E-state index >= 15 is 0 Å². The predicted molar refractivity (Wildman–Crippen MR) is 105 cm³/mol. The second kappa shape index (κ2) is 8.20. The van der Waals surface area contributed by atoms with Crippen LogP contribution in [0, 0.1) is 22.7 Å². The summed E-state index contributed by atoms with van der Waals surface area (Å²) in [6.07, 6.45) is -7.06. The van der Waals surface area contributed by atoms with Crippen LogP contribution >= 0.6 is 0 Å². The summed E-state index contributed by atoms with van der Waals surface area (Å²) in [4.78, 5) is 0. The van der Waals surface area contributed by atoms with Gasteiger partial charge in [0.05, 0.1) is 24.4 Å². The van der Waals surface area contributed by atoms with Gasteiger partial charge in [-0.1, -0.05) is 20.8 Å². The van der Waals surface area contributed by atoms with Crippen LogP contribution in [-0.2, 0) is 9.47 Å². The topological polar surface area (TPSA) is 160 Å². The number of hydrogen-bond donors (Lipinski definition) is 7. The molecule has 30 heavy (non-hydrogen) atoms. The van der Waals surface area contributed by atoms with Crippen LogP contribution in [0.1, 0.15) is 47.0 Å². The highest BCUT2D eigenvalue weighted by Crippen LogP contribution is 2.62. The van der Waals surface area contributed by atoms with Gasteiger partial charge < -0.3 is 45.2 Å². The Morgan fingerprint density at radius 3 is 2.13 bits per heavy atom. The molecule has 9 nitrogen and oxygen atoms in total. The van der Waals surface area contributed by atoms with Crippen LogP contribution in [-0.4, -0.2) is 97.5 Å². The number of hydrogen-bond acceptors (Lipinski definition) is 9. The Hall–Kier alpha value is -0.360. The van der Waals surface area contributed by atoms with Crippen LogP contribution in [0.25, 0.3) is 0 Å². The van der Waals surface area contributed by atoms with Crippen molar-refractivity contribution in [3.63, 3.8) is 0 Å². The minimum absolute atomic E-state index is 0.134. The molecule has 1 aliphatic heterocycles. The SMILES string of the molecule is CC1(C)CCC(OC2OC(CO)C(O)C(O)C2O)C2(C)C1C(O)CC(C)(O)C2CO. The normalized spacial score (nSPS) is 53.9. The van der Waals surface area contributed by atoms with Gasteiger partial charge in [0, 0.05) is 24.4 Å². The molecule has 3 fully saturated rings. The van der Waals surface area contributed by atoms with E-state index in [9.17, 15) is 35.7 Å². The van der Waals surface area contributed by atoms with Gasteiger partial charge >= 0.3 is 0 Å². The summed E-state index contributed by atoms with van der Waals surface area (Å²) in [6.45, 7) is 6.72. The van der Waals surface area contributed by atoms with Crippen LogP contribution in [0.2, 0.25) is 0 Å². The Balaban J connectivity index is 1.96. The van der Waals surface area contributed by atoms with Gasteiger partial charge in [0.1, 0.15) is 24.4 Å². The highest BCUT2D eigenvalue weighted by atomic mass is 16.7. The van der Waals surface area contributed by atoms with E-state index in [-0.39, 0.29) is 24.4 Å². The van der Waals surface area contributed by atoms with Gasteiger partial charge in [0.25, 0.3) is 0 Å². The second-order valence-corrected chi connectivity index (χ2v) is 10.6. The number of ether oxygens (including phenoxy) is 2. The molecule has 0 spiro atoms. The van der Waals surface area contributed by atoms with Crippen LogP contribution in [0.5, 0.6) is 0 Å². The Kier molecular flexibility index (Phi) is 6.64. The van der Waals surface area contributed by atoms with Crippen molar-refractivity contribution >= 4 is 0 Å². The molecule has 3 aliphatic rings. The predicted octanol–water partition coefficient (Wildman–Crippen LogP) is -1.26. The van der Waals surface area contributed by atoms with Crippen molar-refractivity contribution in [1.29, 1.82) is 0 Å². The molecule has 1 saturated heterocycles. The van der Waals surface area contributed by atoms with Crippen LogP contribution in [0.15, 0.2) is 0 Å². The quantitative estimate of drug-likeness (QED) is 0.286. The van der Waals surface area contributed by atoms with Gasteiger partial charge in [-0.25, -0.2) is 0 Å². The lowest BCUT2D eigenvalue weighted by molar-refractivity contribution is -0.343. The van der Waals surface area contributed by atoms with E-state index in [0.717, 1.165) is 0 Å². The van der Waals surface area contributed by atoms with Crippen LogP contribution < -0.4 is 0 Å². The van der Waals surface area contributed by atoms with Crippen molar-refractivity contribution in [2.45, 2.75) is 95.5 Å². The van der Waals surface area contributed by atoms with E-state index in [4.69, 9.17) is 9.47 Å². The first kappa shape index (κ1) is 24.3. The zero-order valence-corrected chi connectivity index (χ0v) is 18.2. The summed E-state index contributed by atoms with van der Waals surface area (Å²) in [5.74, 6) is -0.904. The van der Waals surface area contributed by atoms with Crippen molar-refractivity contribution in [2.75, 3.05) is 13.2 Å². The lowest BCUT2D eigenvalue weighted by Crippen LogP contribution is -2.69. The third-order valence-corrected chi connectivity index (χ3v) is 8.09. The molecule has 2 saturated carbocycles. The van der Waals surface area contributed by atoms with E-state index in [1.165, 1.54) is 0 Å². The van der Waals surface area contributed by atoms with Gasteiger partial charge in [0.2, 0.25) is 0 Å². The van der Waals surface area contributed by atoms with E-state index in [1.807, 2.05) is 6.92 Å². The Morgan fingerprint density at radius 1 is 0.933 bits per heavy atom. The smallest absolute Gasteiger partial charge is 0.186 e. The molecule has 11 unspecified atom stereocenters. The third kappa shape index (κ3) is 3.72. The average molecular weight is 435 g/mol. The molecule has 0 bridgehead atoms. The standard InChI is InChI=1S/C21H38O9/c1-19(2)6-5-13(30-18-16(27)15(26)14(25)11(8-22)29-18)21(4)12(9-23)20(3,28)7-10(24)17(19)21/h10-18,22-28H,5-9H2,1-4H3. The molecule has 0 radical (unpaired) electrons. The third-order valence-electron chi connectivity index (χ3n) is 8.09. The van der Waals surface area contributed by atoms with Crippen LogP contribution in [0.3, 0.4) is 0 Å². The molecule has 3 rings (SSSR count). The summed E-state index contributed by atoms with van der Waals surface area (Å²) in [6, 6.07) is 0.